The molecule has 11 heteroatoms. The summed E-state index contributed by atoms with van der Waals surface area (Å²) < 4.78 is 41.6. The minimum atomic E-state index is -4.59. The van der Waals surface area contributed by atoms with E-state index in [2.05, 4.69) is 15.5 Å². The van der Waals surface area contributed by atoms with Gasteiger partial charge in [-0.15, -0.1) is 0 Å². The van der Waals surface area contributed by atoms with Crippen LogP contribution in [0.4, 0.5) is 18.9 Å². The second-order valence-electron chi connectivity index (χ2n) is 6.45. The summed E-state index contributed by atoms with van der Waals surface area (Å²) in [7, 11) is 0. The van der Waals surface area contributed by atoms with Gasteiger partial charge in [-0.25, -0.2) is 0 Å². The lowest BCUT2D eigenvalue weighted by Gasteiger charge is -2.15. The molecule has 2 heterocycles. The van der Waals surface area contributed by atoms with Crippen molar-refractivity contribution in [2.45, 2.75) is 51.4 Å². The lowest BCUT2D eigenvalue weighted by atomic mass is 10.2. The monoisotopic (exact) mass is 384 g/mol. The zero-order chi connectivity index (χ0) is 19.9. The van der Waals surface area contributed by atoms with Crippen LogP contribution in [0.1, 0.15) is 60.5 Å². The van der Waals surface area contributed by atoms with E-state index < -0.39 is 29.7 Å². The predicted octanol–water partition coefficient (Wildman–Crippen LogP) is 2.29. The Kier molecular flexibility index (Phi) is 4.70. The van der Waals surface area contributed by atoms with E-state index in [0.29, 0.717) is 12.2 Å². The summed E-state index contributed by atoms with van der Waals surface area (Å²) in [4.78, 5) is 24.1. The number of hydrogen-bond donors (Lipinski definition) is 2. The van der Waals surface area contributed by atoms with Crippen LogP contribution in [-0.4, -0.2) is 31.4 Å². The number of nitrogens with one attached hydrogen (secondary N) is 1. The summed E-state index contributed by atoms with van der Waals surface area (Å²) in [5, 5.41) is 10.1. The van der Waals surface area contributed by atoms with Crippen molar-refractivity contribution in [3.63, 3.8) is 0 Å². The van der Waals surface area contributed by atoms with E-state index in [1.54, 1.807) is 6.92 Å². The summed E-state index contributed by atoms with van der Waals surface area (Å²) in [6.45, 7) is 3.69. The highest BCUT2D eigenvalue weighted by Gasteiger charge is 2.39. The van der Waals surface area contributed by atoms with E-state index in [9.17, 15) is 22.8 Å². The maximum absolute atomic E-state index is 13.0. The molecule has 0 spiro atoms. The Labute approximate surface area is 152 Å². The third-order valence-electron chi connectivity index (χ3n) is 4.37. The molecule has 27 heavy (non-hydrogen) atoms. The Bertz CT molecular complexity index is 881. The predicted molar refractivity (Wildman–Crippen MR) is 89.0 cm³/mol. The van der Waals surface area contributed by atoms with Gasteiger partial charge >= 0.3 is 6.18 Å². The molecule has 146 valence electrons. The summed E-state index contributed by atoms with van der Waals surface area (Å²) in [6.07, 6.45) is -1.64. The number of alkyl halides is 3. The van der Waals surface area contributed by atoms with Gasteiger partial charge in [0, 0.05) is 24.4 Å². The quantitative estimate of drug-likeness (QED) is 0.797. The van der Waals surface area contributed by atoms with Crippen molar-refractivity contribution in [1.82, 2.24) is 19.6 Å². The third kappa shape index (κ3) is 3.81. The lowest BCUT2D eigenvalue weighted by Crippen LogP contribution is -2.27. The van der Waals surface area contributed by atoms with Crippen molar-refractivity contribution < 1.29 is 22.8 Å². The van der Waals surface area contributed by atoms with Crippen molar-refractivity contribution in [3.8, 4) is 0 Å². The molecule has 1 fully saturated rings. The van der Waals surface area contributed by atoms with Gasteiger partial charge < -0.3 is 11.1 Å². The topological polar surface area (TPSA) is 108 Å². The van der Waals surface area contributed by atoms with Gasteiger partial charge in [-0.1, -0.05) is 0 Å². The molecule has 2 aromatic heterocycles. The number of hydrogen-bond acceptors (Lipinski definition) is 4. The molecule has 2 aromatic rings. The number of anilines is 1. The van der Waals surface area contributed by atoms with E-state index >= 15 is 0 Å². The molecule has 8 nitrogen and oxygen atoms in total. The van der Waals surface area contributed by atoms with Crippen LogP contribution in [-0.2, 0) is 17.5 Å². The Balaban J connectivity index is 1.87. The van der Waals surface area contributed by atoms with Crippen LogP contribution in [0.3, 0.4) is 0 Å². The molecule has 0 radical (unpaired) electrons. The summed E-state index contributed by atoms with van der Waals surface area (Å²) in [5.74, 6) is -1.47. The molecule has 0 aromatic carbocycles. The number of carbonyl (C=O) groups excluding carboxylic acids is 2. The zero-order valence-corrected chi connectivity index (χ0v) is 14.7. The molecule has 1 aliphatic carbocycles. The van der Waals surface area contributed by atoms with Crippen LogP contribution in [0.25, 0.3) is 0 Å². The number of nitrogens with zero attached hydrogens (tertiary/aromatic N) is 4. The molecule has 0 saturated heterocycles. The number of nitrogens with two attached hydrogens (primary N) is 1. The van der Waals surface area contributed by atoms with E-state index in [1.165, 1.54) is 17.8 Å². The van der Waals surface area contributed by atoms with Crippen LogP contribution in [0.5, 0.6) is 0 Å². The number of aryl methyl sites for hydroxylation is 1. The smallest absolute Gasteiger partial charge is 0.364 e. The van der Waals surface area contributed by atoms with Crippen molar-refractivity contribution in [2.75, 3.05) is 5.32 Å². The Morgan fingerprint density at radius 3 is 2.56 bits per heavy atom. The van der Waals surface area contributed by atoms with Gasteiger partial charge in [0.2, 0.25) is 5.91 Å². The fourth-order valence-electron chi connectivity index (χ4n) is 2.75. The van der Waals surface area contributed by atoms with E-state index in [4.69, 9.17) is 5.73 Å². The van der Waals surface area contributed by atoms with Gasteiger partial charge in [-0.2, -0.15) is 23.4 Å². The molecule has 0 bridgehead atoms. The Hall–Kier alpha value is -2.85. The first-order chi connectivity index (χ1) is 12.6. The molecule has 3 N–H and O–H groups in total. The molecule has 1 aliphatic rings. The Morgan fingerprint density at radius 2 is 2.04 bits per heavy atom. The second kappa shape index (κ2) is 6.71. The number of carbonyl (C=O) groups is 2. The van der Waals surface area contributed by atoms with E-state index in [1.807, 2.05) is 0 Å². The number of aromatic nitrogens is 4. The van der Waals surface area contributed by atoms with E-state index in [0.717, 1.165) is 23.6 Å². The van der Waals surface area contributed by atoms with Crippen LogP contribution >= 0.6 is 0 Å². The van der Waals surface area contributed by atoms with Crippen LogP contribution in [0, 0.1) is 0 Å². The minimum Gasteiger partial charge on any atom is -0.364 e. The van der Waals surface area contributed by atoms with E-state index in [-0.39, 0.29) is 17.3 Å². The summed E-state index contributed by atoms with van der Waals surface area (Å²) in [6, 6.07) is -0.0202. The largest absolute Gasteiger partial charge is 0.435 e. The van der Waals surface area contributed by atoms with Crippen molar-refractivity contribution in [3.05, 3.63) is 29.3 Å². The maximum atomic E-state index is 13.0. The first-order valence-electron chi connectivity index (χ1n) is 8.46. The van der Waals surface area contributed by atoms with Gasteiger partial charge in [0.25, 0.3) is 5.91 Å². The highest BCUT2D eigenvalue weighted by Crippen LogP contribution is 2.43. The molecule has 2 amide bonds. The average Bonchev–Trinajstić information content (AvgIpc) is 3.18. The average molecular weight is 384 g/mol. The number of primary amides is 1. The first-order valence-corrected chi connectivity index (χ1v) is 8.46. The molecular formula is C16H19F3N6O2. The molecule has 0 aliphatic heterocycles. The van der Waals surface area contributed by atoms with Crippen LogP contribution in [0.2, 0.25) is 0 Å². The van der Waals surface area contributed by atoms with Gasteiger partial charge in [0.05, 0.1) is 5.69 Å². The number of halogens is 3. The second-order valence-corrected chi connectivity index (χ2v) is 6.45. The summed E-state index contributed by atoms with van der Waals surface area (Å²) in [5.41, 5.74) is 4.61. The molecule has 1 atom stereocenters. The first kappa shape index (κ1) is 18.9. The number of amides is 2. The normalized spacial score (nSPS) is 15.6. The third-order valence-corrected chi connectivity index (χ3v) is 4.37. The van der Waals surface area contributed by atoms with Gasteiger partial charge in [0.15, 0.2) is 11.4 Å². The maximum Gasteiger partial charge on any atom is 0.435 e. The van der Waals surface area contributed by atoms with Crippen molar-refractivity contribution in [1.29, 1.82) is 0 Å². The molecule has 1 saturated carbocycles. The highest BCUT2D eigenvalue weighted by atomic mass is 19.4. The molecular weight excluding hydrogens is 365 g/mol. The standard InChI is InChI=1S/C16H19F3N6O2/c1-3-24-7-10(13(23-24)14(20)26)21-15(27)8(2)25-11(9-4-5-9)6-12(22-25)16(17,18)19/h6-9H,3-5H2,1-2H3,(H2,20,26)(H,21,27). The Morgan fingerprint density at radius 1 is 1.37 bits per heavy atom. The lowest BCUT2D eigenvalue weighted by molar-refractivity contribution is -0.141. The van der Waals surface area contributed by atoms with Crippen LogP contribution in [0.15, 0.2) is 12.3 Å². The van der Waals surface area contributed by atoms with Crippen molar-refractivity contribution >= 4 is 17.5 Å². The highest BCUT2D eigenvalue weighted by molar-refractivity contribution is 6.02. The summed E-state index contributed by atoms with van der Waals surface area (Å²) >= 11 is 0. The SMILES string of the molecule is CCn1cc(NC(=O)C(C)n2nc(C(F)(F)F)cc2C2CC2)c(C(N)=O)n1. The fraction of sp³-hybridized carbons (Fsp3) is 0.500. The fourth-order valence-corrected chi connectivity index (χ4v) is 2.75. The number of rotatable bonds is 6. The van der Waals surface area contributed by atoms with Gasteiger partial charge in [-0.3, -0.25) is 19.0 Å². The zero-order valence-electron chi connectivity index (χ0n) is 14.7. The van der Waals surface area contributed by atoms with Crippen LogP contribution < -0.4 is 11.1 Å². The molecule has 3 rings (SSSR count). The van der Waals surface area contributed by atoms with Gasteiger partial charge in [0.1, 0.15) is 6.04 Å². The van der Waals surface area contributed by atoms with Gasteiger partial charge in [-0.05, 0) is 32.8 Å². The molecule has 1 unspecified atom stereocenters. The van der Waals surface area contributed by atoms with Crippen molar-refractivity contribution in [2.24, 2.45) is 5.73 Å². The minimum absolute atomic E-state index is 0.0344.